The van der Waals surface area contributed by atoms with Crippen LogP contribution < -0.4 is 0 Å². The van der Waals surface area contributed by atoms with Crippen molar-refractivity contribution in [2.75, 3.05) is 7.05 Å². The minimum atomic E-state index is 0. The molecule has 0 N–H and O–H groups in total. The Kier molecular flexibility index (Phi) is 7.53. The Balaban J connectivity index is 0.000000191. The quantitative estimate of drug-likeness (QED) is 0.146. The number of rotatable bonds is 3. The number of hydrogen-bond acceptors (Lipinski definition) is 1. The predicted molar refractivity (Wildman–Crippen MR) is 148 cm³/mol. The van der Waals surface area contributed by atoms with Crippen molar-refractivity contribution in [2.45, 2.75) is 0 Å². The Morgan fingerprint density at radius 1 is 0.763 bits per heavy atom. The SMILES string of the molecule is C[N+]1=C=[N+](c2[c-]cc3c4ccccc4n(-c4ccccc4)c3c2)C=C1.[Ir].[c-]1ccccc1-c1ccccn1. The van der Waals surface area contributed by atoms with E-state index >= 15 is 0 Å². The number of fused-ring (bicyclic) bond motifs is 3. The summed E-state index contributed by atoms with van der Waals surface area (Å²) in [5.74, 6) is 0. The van der Waals surface area contributed by atoms with Gasteiger partial charge in [-0.05, 0) is 40.9 Å². The summed E-state index contributed by atoms with van der Waals surface area (Å²) in [6, 6.07) is 46.7. The van der Waals surface area contributed by atoms with Crippen molar-refractivity contribution < 1.29 is 29.3 Å². The number of pyridine rings is 1. The van der Waals surface area contributed by atoms with Crippen molar-refractivity contribution in [3.8, 4) is 16.9 Å². The van der Waals surface area contributed by atoms with E-state index in [-0.39, 0.29) is 20.1 Å². The second-order valence-corrected chi connectivity index (χ2v) is 8.68. The molecule has 6 aromatic rings. The summed E-state index contributed by atoms with van der Waals surface area (Å²) < 4.78 is 6.18. The van der Waals surface area contributed by atoms with Gasteiger partial charge in [-0.3, -0.25) is 0 Å². The van der Waals surface area contributed by atoms with E-state index in [0.29, 0.717) is 0 Å². The minimum absolute atomic E-state index is 0. The number of para-hydroxylation sites is 2. The summed E-state index contributed by atoms with van der Waals surface area (Å²) in [6.45, 7) is 0. The van der Waals surface area contributed by atoms with Crippen molar-refractivity contribution in [3.63, 3.8) is 0 Å². The third kappa shape index (κ3) is 5.04. The Morgan fingerprint density at radius 3 is 2.29 bits per heavy atom. The van der Waals surface area contributed by atoms with Gasteiger partial charge in [-0.15, -0.1) is 47.3 Å². The molecule has 1 aliphatic rings. The molecule has 0 fully saturated rings. The van der Waals surface area contributed by atoms with Crippen LogP contribution in [0.2, 0.25) is 0 Å². The zero-order valence-electron chi connectivity index (χ0n) is 20.7. The molecule has 185 valence electrons. The summed E-state index contributed by atoms with van der Waals surface area (Å²) in [5.41, 5.74) is 6.53. The molecule has 4 nitrogen and oxygen atoms in total. The van der Waals surface area contributed by atoms with Crippen molar-refractivity contribution in [3.05, 3.63) is 140 Å². The van der Waals surface area contributed by atoms with Gasteiger partial charge in [0.15, 0.2) is 7.05 Å². The van der Waals surface area contributed by atoms with Crippen molar-refractivity contribution in [2.24, 2.45) is 0 Å². The third-order valence-electron chi connectivity index (χ3n) is 6.22. The molecule has 5 heteroatoms. The molecule has 0 saturated carbocycles. The predicted octanol–water partition coefficient (Wildman–Crippen LogP) is 7.08. The van der Waals surface area contributed by atoms with Gasteiger partial charge in [-0.1, -0.05) is 63.7 Å². The first-order valence-corrected chi connectivity index (χ1v) is 12.1. The molecule has 0 spiro atoms. The molecule has 0 saturated heterocycles. The van der Waals surface area contributed by atoms with Crippen LogP contribution in [0, 0.1) is 12.1 Å². The van der Waals surface area contributed by atoms with Crippen LogP contribution in [0.3, 0.4) is 0 Å². The van der Waals surface area contributed by atoms with Gasteiger partial charge in [0.05, 0.1) is 0 Å². The van der Waals surface area contributed by atoms with Gasteiger partial charge in [0.2, 0.25) is 6.20 Å². The summed E-state index contributed by atoms with van der Waals surface area (Å²) in [4.78, 5) is 4.22. The zero-order valence-corrected chi connectivity index (χ0v) is 23.1. The minimum Gasteiger partial charge on any atom is -0.334 e. The summed E-state index contributed by atoms with van der Waals surface area (Å²) in [6.07, 6.45) is 5.76. The maximum absolute atomic E-state index is 4.22. The molecule has 1 aliphatic heterocycles. The number of benzene rings is 4. The van der Waals surface area contributed by atoms with Gasteiger partial charge in [0.1, 0.15) is 5.69 Å². The summed E-state index contributed by atoms with van der Waals surface area (Å²) in [7, 11) is 1.97. The van der Waals surface area contributed by atoms with Crippen LogP contribution in [-0.4, -0.2) is 31.8 Å². The van der Waals surface area contributed by atoms with E-state index in [1.807, 2.05) is 77.1 Å². The smallest absolute Gasteiger partial charge is 0.334 e. The van der Waals surface area contributed by atoms with E-state index in [4.69, 9.17) is 0 Å². The van der Waals surface area contributed by atoms with Crippen LogP contribution in [0.1, 0.15) is 0 Å². The Hall–Kier alpha value is -4.40. The van der Waals surface area contributed by atoms with Gasteiger partial charge in [0, 0.05) is 37.5 Å². The molecule has 4 aromatic carbocycles. The molecule has 1 radical (unpaired) electrons. The maximum Gasteiger partial charge on any atom is 0.493 e. The molecule has 0 aliphatic carbocycles. The van der Waals surface area contributed by atoms with Crippen molar-refractivity contribution in [1.29, 1.82) is 0 Å². The van der Waals surface area contributed by atoms with Crippen LogP contribution >= 0.6 is 0 Å². The van der Waals surface area contributed by atoms with Gasteiger partial charge in [-0.2, -0.15) is 6.07 Å². The first-order chi connectivity index (χ1) is 18.3. The first-order valence-electron chi connectivity index (χ1n) is 12.1. The summed E-state index contributed by atoms with van der Waals surface area (Å²) >= 11 is 0. The maximum atomic E-state index is 4.22. The normalized spacial score (nSPS) is 11.9. The Morgan fingerprint density at radius 2 is 1.55 bits per heavy atom. The molecule has 2 aromatic heterocycles. The van der Waals surface area contributed by atoms with Crippen LogP contribution in [0.4, 0.5) is 5.69 Å². The Labute approximate surface area is 235 Å². The van der Waals surface area contributed by atoms with E-state index in [1.54, 1.807) is 6.20 Å². The molecule has 0 amide bonds. The van der Waals surface area contributed by atoms with Gasteiger partial charge in [-0.25, -0.2) is 0 Å². The van der Waals surface area contributed by atoms with Crippen LogP contribution in [-0.2, 0) is 20.1 Å². The van der Waals surface area contributed by atoms with E-state index in [1.165, 1.54) is 21.8 Å². The fourth-order valence-electron chi connectivity index (χ4n) is 4.50. The average Bonchev–Trinajstić information content (AvgIpc) is 3.55. The van der Waals surface area contributed by atoms with Crippen molar-refractivity contribution >= 4 is 33.5 Å². The standard InChI is InChI=1S/C22H16N3.C11H8N.Ir/c1-23-13-14-24(16-23)18-11-12-20-19-9-5-6-10-21(19)25(22(20)15-18)17-7-3-2-4-8-17;1-2-6-10(7-3-1)11-8-4-5-9-12-11;/h2-10,12-15H,1H3;1-6,8-9H;/q+1;-1;. The van der Waals surface area contributed by atoms with E-state index in [2.05, 4.69) is 88.4 Å². The van der Waals surface area contributed by atoms with E-state index < -0.39 is 0 Å². The molecule has 3 heterocycles. The molecular formula is C33H24IrN4. The zero-order chi connectivity index (χ0) is 25.0. The largest absolute Gasteiger partial charge is 0.493 e. The van der Waals surface area contributed by atoms with Crippen LogP contribution in [0.5, 0.6) is 0 Å². The fourth-order valence-corrected chi connectivity index (χ4v) is 4.50. The van der Waals surface area contributed by atoms with Crippen LogP contribution in [0.25, 0.3) is 38.8 Å². The van der Waals surface area contributed by atoms with Gasteiger partial charge < -0.3 is 9.55 Å². The monoisotopic (exact) mass is 669 g/mol. The molecule has 0 atom stereocenters. The van der Waals surface area contributed by atoms with Crippen LogP contribution in [0.15, 0.2) is 128 Å². The number of nitrogens with zero attached hydrogens (tertiary/aromatic N) is 4. The molecule has 0 unspecified atom stereocenters. The van der Waals surface area contributed by atoms with Crippen molar-refractivity contribution in [1.82, 2.24) is 9.55 Å². The second kappa shape index (κ2) is 11.3. The molecule has 0 bridgehead atoms. The number of aromatic nitrogens is 2. The van der Waals surface area contributed by atoms with E-state index in [0.717, 1.165) is 22.6 Å². The van der Waals surface area contributed by atoms with E-state index in [9.17, 15) is 0 Å². The molecule has 7 rings (SSSR count). The first kappa shape index (κ1) is 25.3. The van der Waals surface area contributed by atoms with Gasteiger partial charge in [0.25, 0.3) is 6.20 Å². The topological polar surface area (TPSA) is 23.8 Å². The third-order valence-corrected chi connectivity index (χ3v) is 6.22. The molecular weight excluding hydrogens is 645 g/mol. The molecule has 38 heavy (non-hydrogen) atoms. The fraction of sp³-hybridized carbons (Fsp3) is 0.0303. The second-order valence-electron chi connectivity index (χ2n) is 8.68. The Bertz CT molecular complexity index is 1760. The average molecular weight is 669 g/mol. The van der Waals surface area contributed by atoms with Gasteiger partial charge >= 0.3 is 6.01 Å². The summed E-state index contributed by atoms with van der Waals surface area (Å²) in [5, 5.41) is 2.45. The number of hydrogen-bond donors (Lipinski definition) is 0.